The maximum absolute atomic E-state index is 11.4. The summed E-state index contributed by atoms with van der Waals surface area (Å²) in [5.74, 6) is -0.318. The van der Waals surface area contributed by atoms with Gasteiger partial charge in [-0.15, -0.1) is 0 Å². The van der Waals surface area contributed by atoms with Gasteiger partial charge in [-0.05, 0) is 30.9 Å². The topological polar surface area (TPSA) is 46.5 Å². The number of rotatable bonds is 12. The van der Waals surface area contributed by atoms with Crippen molar-refractivity contribution in [3.63, 3.8) is 0 Å². The van der Waals surface area contributed by atoms with Crippen LogP contribution >= 0.6 is 0 Å². The summed E-state index contributed by atoms with van der Waals surface area (Å²) in [5, 5.41) is 9.36. The van der Waals surface area contributed by atoms with Gasteiger partial charge < -0.3 is 9.84 Å². The average Bonchev–Trinajstić information content (AvgIpc) is 2.52. The molecule has 0 amide bonds. The first kappa shape index (κ1) is 18.5. The van der Waals surface area contributed by atoms with E-state index < -0.39 is 5.97 Å². The number of hydrogen-bond acceptors (Lipinski definition) is 2. The Morgan fingerprint density at radius 2 is 1.68 bits per heavy atom. The highest BCUT2D eigenvalue weighted by Crippen LogP contribution is 2.26. The first-order valence-corrected chi connectivity index (χ1v) is 8.68. The zero-order chi connectivity index (χ0) is 16.2. The van der Waals surface area contributed by atoms with Crippen LogP contribution in [0.25, 0.3) is 0 Å². The summed E-state index contributed by atoms with van der Waals surface area (Å²) in [5.41, 5.74) is 1.33. The fourth-order valence-corrected chi connectivity index (χ4v) is 2.57. The van der Waals surface area contributed by atoms with Gasteiger partial charge in [0.2, 0.25) is 0 Å². The Morgan fingerprint density at radius 1 is 1.00 bits per heavy atom. The van der Waals surface area contributed by atoms with Crippen LogP contribution in [0, 0.1) is 0 Å². The smallest absolute Gasteiger partial charge is 0.339 e. The third kappa shape index (κ3) is 6.50. The molecule has 3 heteroatoms. The Bertz CT molecular complexity index is 440. The van der Waals surface area contributed by atoms with Crippen molar-refractivity contribution in [2.75, 3.05) is 6.61 Å². The second-order valence-electron chi connectivity index (χ2n) is 5.82. The number of aromatic carboxylic acids is 1. The molecule has 0 aromatic heterocycles. The molecule has 0 saturated heterocycles. The van der Waals surface area contributed by atoms with E-state index >= 15 is 0 Å². The van der Waals surface area contributed by atoms with Gasteiger partial charge in [0, 0.05) is 0 Å². The van der Waals surface area contributed by atoms with E-state index in [1.165, 1.54) is 32.1 Å². The standard InChI is InChI=1S/C19H30O3/c1-3-5-7-9-12-16-13-11-14-17(19(20)21)18(16)22-15-10-8-6-4-2/h11,13-14H,3-10,12,15H2,1-2H3,(H,20,21). The third-order valence-electron chi connectivity index (χ3n) is 3.87. The lowest BCUT2D eigenvalue weighted by molar-refractivity contribution is 0.0692. The molecule has 0 fully saturated rings. The second-order valence-corrected chi connectivity index (χ2v) is 5.82. The Hall–Kier alpha value is -1.51. The lowest BCUT2D eigenvalue weighted by Gasteiger charge is -2.14. The molecule has 1 rings (SSSR count). The van der Waals surface area contributed by atoms with E-state index in [9.17, 15) is 9.90 Å². The first-order valence-electron chi connectivity index (χ1n) is 8.68. The maximum Gasteiger partial charge on any atom is 0.339 e. The molecule has 124 valence electrons. The van der Waals surface area contributed by atoms with Crippen molar-refractivity contribution in [1.82, 2.24) is 0 Å². The summed E-state index contributed by atoms with van der Waals surface area (Å²) in [4.78, 5) is 11.4. The number of carbonyl (C=O) groups is 1. The average molecular weight is 306 g/mol. The molecule has 1 N–H and O–H groups in total. The van der Waals surface area contributed by atoms with Gasteiger partial charge in [-0.25, -0.2) is 4.79 Å². The molecule has 0 bridgehead atoms. The van der Waals surface area contributed by atoms with Gasteiger partial charge in [0.1, 0.15) is 11.3 Å². The van der Waals surface area contributed by atoms with Gasteiger partial charge in [-0.2, -0.15) is 0 Å². The fraction of sp³-hybridized carbons (Fsp3) is 0.632. The molecule has 0 aliphatic heterocycles. The third-order valence-corrected chi connectivity index (χ3v) is 3.87. The second kappa shape index (κ2) is 11.1. The van der Waals surface area contributed by atoms with Crippen LogP contribution in [0.5, 0.6) is 5.75 Å². The van der Waals surface area contributed by atoms with Crippen molar-refractivity contribution in [3.05, 3.63) is 29.3 Å². The number of hydrogen-bond donors (Lipinski definition) is 1. The molecule has 22 heavy (non-hydrogen) atoms. The summed E-state index contributed by atoms with van der Waals surface area (Å²) in [6, 6.07) is 5.46. The molecule has 0 atom stereocenters. The number of ether oxygens (including phenoxy) is 1. The minimum atomic E-state index is -0.904. The van der Waals surface area contributed by atoms with Gasteiger partial charge in [0.15, 0.2) is 0 Å². The molecule has 0 spiro atoms. The van der Waals surface area contributed by atoms with Crippen molar-refractivity contribution in [2.24, 2.45) is 0 Å². The van der Waals surface area contributed by atoms with Crippen LogP contribution in [0.15, 0.2) is 18.2 Å². The lowest BCUT2D eigenvalue weighted by Crippen LogP contribution is -2.07. The predicted octanol–water partition coefficient (Wildman–Crippen LogP) is 5.47. The molecule has 1 aromatic rings. The molecule has 0 unspecified atom stereocenters. The van der Waals surface area contributed by atoms with E-state index in [-0.39, 0.29) is 0 Å². The van der Waals surface area contributed by atoms with Gasteiger partial charge in [-0.1, -0.05) is 64.5 Å². The van der Waals surface area contributed by atoms with E-state index in [0.717, 1.165) is 31.2 Å². The highest BCUT2D eigenvalue weighted by molar-refractivity contribution is 5.91. The highest BCUT2D eigenvalue weighted by atomic mass is 16.5. The predicted molar refractivity (Wildman–Crippen MR) is 90.9 cm³/mol. The molecular weight excluding hydrogens is 276 g/mol. The zero-order valence-electron chi connectivity index (χ0n) is 14.1. The number of benzene rings is 1. The zero-order valence-corrected chi connectivity index (χ0v) is 14.1. The molecule has 0 aliphatic carbocycles. The van der Waals surface area contributed by atoms with Gasteiger partial charge >= 0.3 is 5.97 Å². The Labute approximate surface area is 134 Å². The van der Waals surface area contributed by atoms with Crippen molar-refractivity contribution < 1.29 is 14.6 Å². The maximum atomic E-state index is 11.4. The minimum absolute atomic E-state index is 0.295. The van der Waals surface area contributed by atoms with Crippen molar-refractivity contribution >= 4 is 5.97 Å². The molecule has 0 aliphatic rings. The van der Waals surface area contributed by atoms with Crippen LogP contribution in [0.2, 0.25) is 0 Å². The Morgan fingerprint density at radius 3 is 2.32 bits per heavy atom. The molecule has 0 heterocycles. The minimum Gasteiger partial charge on any atom is -0.492 e. The molecule has 3 nitrogen and oxygen atoms in total. The van der Waals surface area contributed by atoms with E-state index in [1.54, 1.807) is 6.07 Å². The van der Waals surface area contributed by atoms with Crippen LogP contribution in [-0.4, -0.2) is 17.7 Å². The molecular formula is C19H30O3. The highest BCUT2D eigenvalue weighted by Gasteiger charge is 2.15. The van der Waals surface area contributed by atoms with Gasteiger partial charge in [0.05, 0.1) is 6.61 Å². The van der Waals surface area contributed by atoms with Gasteiger partial charge in [0.25, 0.3) is 0 Å². The summed E-state index contributed by atoms with van der Waals surface area (Å²) in [6.07, 6.45) is 10.1. The fourth-order valence-electron chi connectivity index (χ4n) is 2.57. The van der Waals surface area contributed by atoms with Crippen LogP contribution in [-0.2, 0) is 6.42 Å². The van der Waals surface area contributed by atoms with E-state index in [1.807, 2.05) is 12.1 Å². The van der Waals surface area contributed by atoms with Crippen molar-refractivity contribution in [3.8, 4) is 5.75 Å². The number of carboxylic acids is 1. The van der Waals surface area contributed by atoms with Crippen LogP contribution in [0.3, 0.4) is 0 Å². The number of aryl methyl sites for hydroxylation is 1. The summed E-state index contributed by atoms with van der Waals surface area (Å²) in [6.45, 7) is 4.97. The van der Waals surface area contributed by atoms with E-state index in [2.05, 4.69) is 13.8 Å². The number of unbranched alkanes of at least 4 members (excludes halogenated alkanes) is 6. The normalized spacial score (nSPS) is 10.6. The van der Waals surface area contributed by atoms with Crippen molar-refractivity contribution in [2.45, 2.75) is 71.6 Å². The van der Waals surface area contributed by atoms with E-state index in [4.69, 9.17) is 4.74 Å². The number of para-hydroxylation sites is 1. The summed E-state index contributed by atoms with van der Waals surface area (Å²) >= 11 is 0. The molecule has 1 aromatic carbocycles. The lowest BCUT2D eigenvalue weighted by atomic mass is 10.0. The SMILES string of the molecule is CCCCCCOc1c(CCCCCC)cccc1C(=O)O. The van der Waals surface area contributed by atoms with Crippen LogP contribution < -0.4 is 4.74 Å². The monoisotopic (exact) mass is 306 g/mol. The molecule has 0 radical (unpaired) electrons. The first-order chi connectivity index (χ1) is 10.7. The number of carboxylic acid groups (broad SMARTS) is 1. The van der Waals surface area contributed by atoms with Crippen LogP contribution in [0.4, 0.5) is 0 Å². The quantitative estimate of drug-likeness (QED) is 0.521. The Balaban J connectivity index is 2.68. The summed E-state index contributed by atoms with van der Waals surface area (Å²) < 4.78 is 5.85. The van der Waals surface area contributed by atoms with E-state index in [0.29, 0.717) is 17.9 Å². The van der Waals surface area contributed by atoms with Crippen LogP contribution in [0.1, 0.15) is 81.1 Å². The van der Waals surface area contributed by atoms with Crippen molar-refractivity contribution in [1.29, 1.82) is 0 Å². The summed E-state index contributed by atoms with van der Waals surface area (Å²) in [7, 11) is 0. The largest absolute Gasteiger partial charge is 0.492 e. The van der Waals surface area contributed by atoms with Gasteiger partial charge in [-0.3, -0.25) is 0 Å². The Kier molecular flexibility index (Phi) is 9.36. The molecule has 0 saturated carbocycles.